The average molecular weight is 230 g/mol. The Kier molecular flexibility index (Phi) is 6.13. The fraction of sp³-hybridized carbons (Fsp3) is 0.909. The quantitative estimate of drug-likeness (QED) is 0.555. The van der Waals surface area contributed by atoms with Crippen molar-refractivity contribution in [2.24, 2.45) is 5.73 Å². The Balaban J connectivity index is 2.07. The molecule has 0 amide bonds. The van der Waals surface area contributed by atoms with E-state index < -0.39 is 0 Å². The lowest BCUT2D eigenvalue weighted by Gasteiger charge is -2.31. The van der Waals surface area contributed by atoms with E-state index in [9.17, 15) is 0 Å². The van der Waals surface area contributed by atoms with Crippen molar-refractivity contribution in [3.05, 3.63) is 0 Å². The second-order valence-corrected chi connectivity index (χ2v) is 4.75. The number of rotatable bonds is 6. The summed E-state index contributed by atoms with van der Waals surface area (Å²) in [5, 5.41) is 0. The van der Waals surface area contributed by atoms with Gasteiger partial charge in [-0.3, -0.25) is 0 Å². The molecule has 1 fully saturated rings. The molecule has 1 rings (SSSR count). The van der Waals surface area contributed by atoms with Gasteiger partial charge in [0.25, 0.3) is 0 Å². The molecule has 0 spiro atoms. The van der Waals surface area contributed by atoms with Crippen LogP contribution in [0.3, 0.4) is 0 Å². The first-order chi connectivity index (χ1) is 7.22. The van der Waals surface area contributed by atoms with E-state index in [4.69, 9.17) is 22.7 Å². The second kappa shape index (κ2) is 7.14. The number of ether oxygens (including phenoxy) is 1. The molecule has 4 heteroatoms. The van der Waals surface area contributed by atoms with Gasteiger partial charge in [-0.15, -0.1) is 0 Å². The van der Waals surface area contributed by atoms with Crippen LogP contribution in [0, 0.1) is 0 Å². The smallest absolute Gasteiger partial charge is 0.0727 e. The number of piperidine rings is 1. The van der Waals surface area contributed by atoms with Crippen molar-refractivity contribution in [3.63, 3.8) is 0 Å². The van der Waals surface area contributed by atoms with E-state index in [0.717, 1.165) is 25.9 Å². The third-order valence-corrected chi connectivity index (χ3v) is 3.15. The topological polar surface area (TPSA) is 38.5 Å². The van der Waals surface area contributed by atoms with Crippen LogP contribution in [0.25, 0.3) is 0 Å². The fourth-order valence-electron chi connectivity index (χ4n) is 2.04. The van der Waals surface area contributed by atoms with Crippen molar-refractivity contribution >= 4 is 17.2 Å². The zero-order chi connectivity index (χ0) is 11.1. The number of hydrogen-bond donors (Lipinski definition) is 1. The van der Waals surface area contributed by atoms with Crippen LogP contribution in [0.5, 0.6) is 0 Å². The summed E-state index contributed by atoms with van der Waals surface area (Å²) in [4.78, 5) is 3.13. The average Bonchev–Trinajstić information content (AvgIpc) is 2.24. The molecule has 1 aliphatic rings. The number of nitrogens with zero attached hydrogens (tertiary/aromatic N) is 1. The Morgan fingerprint density at radius 2 is 2.33 bits per heavy atom. The largest absolute Gasteiger partial charge is 0.393 e. The van der Waals surface area contributed by atoms with Crippen molar-refractivity contribution in [3.8, 4) is 0 Å². The van der Waals surface area contributed by atoms with Crippen molar-refractivity contribution in [2.75, 3.05) is 26.7 Å². The monoisotopic (exact) mass is 230 g/mol. The minimum atomic E-state index is 0.439. The van der Waals surface area contributed by atoms with Crippen LogP contribution in [0.4, 0.5) is 0 Å². The minimum absolute atomic E-state index is 0.439. The standard InChI is InChI=1S/C11H22N2OS/c1-14-10-5-4-8-13(9-10)7-3-2-6-11(12)15/h10H,2-9H2,1H3,(H2,12,15). The van der Waals surface area contributed by atoms with Gasteiger partial charge in [0.05, 0.1) is 11.1 Å². The first-order valence-electron chi connectivity index (χ1n) is 5.76. The van der Waals surface area contributed by atoms with E-state index in [1.807, 2.05) is 0 Å². The van der Waals surface area contributed by atoms with E-state index in [0.29, 0.717) is 11.1 Å². The highest BCUT2D eigenvalue weighted by molar-refractivity contribution is 7.80. The van der Waals surface area contributed by atoms with Gasteiger partial charge in [0.15, 0.2) is 0 Å². The van der Waals surface area contributed by atoms with Crippen LogP contribution in [0.1, 0.15) is 32.1 Å². The van der Waals surface area contributed by atoms with Gasteiger partial charge in [0.2, 0.25) is 0 Å². The van der Waals surface area contributed by atoms with Crippen LogP contribution in [0.15, 0.2) is 0 Å². The summed E-state index contributed by atoms with van der Waals surface area (Å²) in [6.07, 6.45) is 6.09. The highest BCUT2D eigenvalue weighted by Crippen LogP contribution is 2.13. The van der Waals surface area contributed by atoms with Crippen LogP contribution < -0.4 is 5.73 Å². The Morgan fingerprint density at radius 1 is 1.53 bits per heavy atom. The molecule has 0 radical (unpaired) electrons. The Labute approximate surface area is 98.0 Å². The van der Waals surface area contributed by atoms with Gasteiger partial charge in [-0.2, -0.15) is 0 Å². The zero-order valence-electron chi connectivity index (χ0n) is 9.58. The molecule has 88 valence electrons. The van der Waals surface area contributed by atoms with Crippen molar-refractivity contribution in [1.29, 1.82) is 0 Å². The maximum Gasteiger partial charge on any atom is 0.0727 e. The van der Waals surface area contributed by atoms with Crippen LogP contribution in [-0.2, 0) is 4.74 Å². The molecule has 0 aromatic carbocycles. The molecule has 0 bridgehead atoms. The summed E-state index contributed by atoms with van der Waals surface area (Å²) >= 11 is 4.85. The molecule has 1 saturated heterocycles. The van der Waals surface area contributed by atoms with Gasteiger partial charge in [0.1, 0.15) is 0 Å². The Hall–Kier alpha value is -0.190. The van der Waals surface area contributed by atoms with Crippen LogP contribution >= 0.6 is 12.2 Å². The Morgan fingerprint density at radius 3 is 3.00 bits per heavy atom. The number of methoxy groups -OCH3 is 1. The molecule has 1 unspecified atom stereocenters. The normalized spacial score (nSPS) is 22.9. The number of unbranched alkanes of at least 4 members (excludes halogenated alkanes) is 1. The van der Waals surface area contributed by atoms with Crippen molar-refractivity contribution in [2.45, 2.75) is 38.2 Å². The van der Waals surface area contributed by atoms with E-state index in [2.05, 4.69) is 4.90 Å². The molecule has 0 saturated carbocycles. The predicted molar refractivity (Wildman–Crippen MR) is 67.1 cm³/mol. The fourth-order valence-corrected chi connectivity index (χ4v) is 2.19. The van der Waals surface area contributed by atoms with Gasteiger partial charge < -0.3 is 15.4 Å². The summed E-state index contributed by atoms with van der Waals surface area (Å²) < 4.78 is 5.38. The first-order valence-corrected chi connectivity index (χ1v) is 6.16. The van der Waals surface area contributed by atoms with E-state index in [-0.39, 0.29) is 0 Å². The second-order valence-electron chi connectivity index (χ2n) is 4.22. The molecule has 2 N–H and O–H groups in total. The Bertz CT molecular complexity index is 199. The first kappa shape index (κ1) is 12.9. The number of thiocarbonyl (C=S) groups is 1. The summed E-state index contributed by atoms with van der Waals surface area (Å²) in [7, 11) is 1.81. The number of nitrogens with two attached hydrogens (primary N) is 1. The summed E-state index contributed by atoms with van der Waals surface area (Å²) in [6, 6.07) is 0. The van der Waals surface area contributed by atoms with Gasteiger partial charge in [-0.1, -0.05) is 12.2 Å². The number of hydrogen-bond acceptors (Lipinski definition) is 3. The number of likely N-dealkylation sites (tertiary alicyclic amines) is 1. The van der Waals surface area contributed by atoms with E-state index in [1.54, 1.807) is 7.11 Å². The van der Waals surface area contributed by atoms with E-state index in [1.165, 1.54) is 25.8 Å². The predicted octanol–water partition coefficient (Wildman–Crippen LogP) is 1.55. The lowest BCUT2D eigenvalue weighted by Crippen LogP contribution is -2.39. The summed E-state index contributed by atoms with van der Waals surface area (Å²) in [5.74, 6) is 0. The molecule has 0 aliphatic carbocycles. The van der Waals surface area contributed by atoms with Gasteiger partial charge in [-0.25, -0.2) is 0 Å². The lowest BCUT2D eigenvalue weighted by molar-refractivity contribution is 0.0310. The van der Waals surface area contributed by atoms with E-state index >= 15 is 0 Å². The molecule has 3 nitrogen and oxygen atoms in total. The molecular weight excluding hydrogens is 208 g/mol. The third kappa shape index (κ3) is 5.44. The molecule has 15 heavy (non-hydrogen) atoms. The lowest BCUT2D eigenvalue weighted by atomic mass is 10.1. The van der Waals surface area contributed by atoms with Gasteiger partial charge in [0, 0.05) is 13.7 Å². The summed E-state index contributed by atoms with van der Waals surface area (Å²) in [6.45, 7) is 3.46. The molecule has 0 aromatic heterocycles. The van der Waals surface area contributed by atoms with Crippen molar-refractivity contribution < 1.29 is 4.74 Å². The SMILES string of the molecule is COC1CCCN(CCCCC(N)=S)C1. The van der Waals surface area contributed by atoms with Gasteiger partial charge in [-0.05, 0) is 45.2 Å². The zero-order valence-corrected chi connectivity index (χ0v) is 10.4. The molecule has 1 aliphatic heterocycles. The van der Waals surface area contributed by atoms with Crippen LogP contribution in [-0.4, -0.2) is 42.7 Å². The summed E-state index contributed by atoms with van der Waals surface area (Å²) in [5.41, 5.74) is 5.45. The maximum atomic E-state index is 5.45. The van der Waals surface area contributed by atoms with Crippen LogP contribution in [0.2, 0.25) is 0 Å². The highest BCUT2D eigenvalue weighted by Gasteiger charge is 2.18. The molecular formula is C11H22N2OS. The maximum absolute atomic E-state index is 5.45. The van der Waals surface area contributed by atoms with Crippen molar-refractivity contribution in [1.82, 2.24) is 4.90 Å². The highest BCUT2D eigenvalue weighted by atomic mass is 32.1. The van der Waals surface area contributed by atoms with Gasteiger partial charge >= 0.3 is 0 Å². The molecule has 0 aromatic rings. The molecule has 1 atom stereocenters. The molecule has 1 heterocycles. The third-order valence-electron chi connectivity index (χ3n) is 2.94. The minimum Gasteiger partial charge on any atom is -0.393 e.